The molecule has 2 nitrogen and oxygen atoms in total. The Hall–Kier alpha value is -0.290. The van der Waals surface area contributed by atoms with Crippen molar-refractivity contribution in [1.29, 1.82) is 0 Å². The number of para-hydroxylation sites is 1. The SMILES string of the molecule is CCCCOC(CI)c1ccccc1OC. The summed E-state index contributed by atoms with van der Waals surface area (Å²) in [5, 5.41) is 0. The van der Waals surface area contributed by atoms with E-state index < -0.39 is 0 Å². The summed E-state index contributed by atoms with van der Waals surface area (Å²) in [5.41, 5.74) is 1.15. The first-order valence-corrected chi connectivity index (χ1v) is 7.16. The lowest BCUT2D eigenvalue weighted by Gasteiger charge is -2.18. The number of halogens is 1. The summed E-state index contributed by atoms with van der Waals surface area (Å²) in [7, 11) is 1.70. The highest BCUT2D eigenvalue weighted by Gasteiger charge is 2.14. The van der Waals surface area contributed by atoms with Crippen molar-refractivity contribution in [3.05, 3.63) is 29.8 Å². The lowest BCUT2D eigenvalue weighted by Crippen LogP contribution is -2.08. The van der Waals surface area contributed by atoms with Crippen LogP contribution < -0.4 is 4.74 Å². The molecule has 0 saturated heterocycles. The Morgan fingerprint density at radius 1 is 1.31 bits per heavy atom. The van der Waals surface area contributed by atoms with Gasteiger partial charge >= 0.3 is 0 Å². The Balaban J connectivity index is 2.69. The minimum atomic E-state index is 0.142. The van der Waals surface area contributed by atoms with Crippen LogP contribution in [0.4, 0.5) is 0 Å². The van der Waals surface area contributed by atoms with Crippen LogP contribution in [-0.4, -0.2) is 18.1 Å². The van der Waals surface area contributed by atoms with Crippen molar-refractivity contribution < 1.29 is 9.47 Å². The zero-order valence-electron chi connectivity index (χ0n) is 9.91. The second-order valence-electron chi connectivity index (χ2n) is 3.61. The fraction of sp³-hybridized carbons (Fsp3) is 0.538. The maximum atomic E-state index is 5.87. The lowest BCUT2D eigenvalue weighted by atomic mass is 10.1. The Morgan fingerprint density at radius 2 is 2.06 bits per heavy atom. The van der Waals surface area contributed by atoms with Crippen molar-refractivity contribution in [2.75, 3.05) is 18.1 Å². The van der Waals surface area contributed by atoms with Crippen molar-refractivity contribution in [2.45, 2.75) is 25.9 Å². The summed E-state index contributed by atoms with van der Waals surface area (Å²) in [5.74, 6) is 0.917. The van der Waals surface area contributed by atoms with Gasteiger partial charge in [0, 0.05) is 16.6 Å². The highest BCUT2D eigenvalue weighted by Crippen LogP contribution is 2.28. The summed E-state index contributed by atoms with van der Waals surface area (Å²) >= 11 is 2.36. The van der Waals surface area contributed by atoms with E-state index in [1.807, 2.05) is 18.2 Å². The zero-order valence-corrected chi connectivity index (χ0v) is 12.1. The highest BCUT2D eigenvalue weighted by molar-refractivity contribution is 14.1. The molecule has 0 fully saturated rings. The molecule has 90 valence electrons. The van der Waals surface area contributed by atoms with E-state index in [1.165, 1.54) is 6.42 Å². The molecule has 0 bridgehead atoms. The Bertz CT molecular complexity index is 302. The van der Waals surface area contributed by atoms with Crippen molar-refractivity contribution in [1.82, 2.24) is 0 Å². The average Bonchev–Trinajstić information content (AvgIpc) is 2.35. The molecule has 1 atom stereocenters. The minimum absolute atomic E-state index is 0.142. The van der Waals surface area contributed by atoms with Gasteiger partial charge in [0.05, 0.1) is 13.2 Å². The molecule has 0 radical (unpaired) electrons. The van der Waals surface area contributed by atoms with E-state index >= 15 is 0 Å². The van der Waals surface area contributed by atoms with Crippen molar-refractivity contribution in [3.8, 4) is 5.75 Å². The van der Waals surface area contributed by atoms with E-state index in [2.05, 4.69) is 35.6 Å². The van der Waals surface area contributed by atoms with E-state index in [9.17, 15) is 0 Å². The molecule has 0 amide bonds. The topological polar surface area (TPSA) is 18.5 Å². The van der Waals surface area contributed by atoms with Crippen LogP contribution >= 0.6 is 22.6 Å². The van der Waals surface area contributed by atoms with Gasteiger partial charge in [-0.1, -0.05) is 54.1 Å². The fourth-order valence-electron chi connectivity index (χ4n) is 1.52. The summed E-state index contributed by atoms with van der Waals surface area (Å²) < 4.78 is 12.2. The zero-order chi connectivity index (χ0) is 11.8. The van der Waals surface area contributed by atoms with Gasteiger partial charge in [0.1, 0.15) is 5.75 Å². The third kappa shape index (κ3) is 3.94. The van der Waals surface area contributed by atoms with E-state index in [0.29, 0.717) is 0 Å². The van der Waals surface area contributed by atoms with Crippen molar-refractivity contribution in [3.63, 3.8) is 0 Å². The molecule has 0 saturated carbocycles. The third-order valence-electron chi connectivity index (χ3n) is 2.44. The molecule has 0 aliphatic rings. The molecule has 3 heteroatoms. The van der Waals surface area contributed by atoms with Gasteiger partial charge in [-0.25, -0.2) is 0 Å². The molecule has 0 aliphatic heterocycles. The lowest BCUT2D eigenvalue weighted by molar-refractivity contribution is 0.0671. The van der Waals surface area contributed by atoms with Crippen LogP contribution in [-0.2, 0) is 4.74 Å². The van der Waals surface area contributed by atoms with Crippen LogP contribution in [0.3, 0.4) is 0 Å². The molecule has 1 unspecified atom stereocenters. The van der Waals surface area contributed by atoms with Gasteiger partial charge in [-0.05, 0) is 12.5 Å². The molecule has 0 aromatic heterocycles. The first-order valence-electron chi connectivity index (χ1n) is 5.64. The van der Waals surface area contributed by atoms with Crippen LogP contribution in [0.25, 0.3) is 0 Å². The van der Waals surface area contributed by atoms with Gasteiger partial charge in [-0.3, -0.25) is 0 Å². The summed E-state index contributed by atoms with van der Waals surface area (Å²) in [4.78, 5) is 0. The summed E-state index contributed by atoms with van der Waals surface area (Å²) in [6.07, 6.45) is 2.42. The van der Waals surface area contributed by atoms with Crippen LogP contribution in [0.15, 0.2) is 24.3 Å². The van der Waals surface area contributed by atoms with Crippen molar-refractivity contribution in [2.24, 2.45) is 0 Å². The van der Waals surface area contributed by atoms with Crippen LogP contribution in [0.1, 0.15) is 31.4 Å². The normalized spacial score (nSPS) is 12.4. The first kappa shape index (κ1) is 13.8. The number of alkyl halides is 1. The molecule has 1 rings (SSSR count). The highest BCUT2D eigenvalue weighted by atomic mass is 127. The second-order valence-corrected chi connectivity index (χ2v) is 4.49. The van der Waals surface area contributed by atoms with Crippen LogP contribution in [0.5, 0.6) is 5.75 Å². The Morgan fingerprint density at radius 3 is 2.69 bits per heavy atom. The largest absolute Gasteiger partial charge is 0.496 e. The van der Waals surface area contributed by atoms with Gasteiger partial charge in [-0.15, -0.1) is 0 Å². The number of ether oxygens (including phenoxy) is 2. The standard InChI is InChI=1S/C13H19IO2/c1-3-4-9-16-13(10-14)11-7-5-6-8-12(11)15-2/h5-8,13H,3-4,9-10H2,1-2H3. The van der Waals surface area contributed by atoms with E-state index in [1.54, 1.807) is 7.11 Å². The maximum Gasteiger partial charge on any atom is 0.124 e. The smallest absolute Gasteiger partial charge is 0.124 e. The molecular formula is C13H19IO2. The summed E-state index contributed by atoms with van der Waals surface area (Å²) in [6.45, 7) is 2.99. The van der Waals surface area contributed by atoms with Gasteiger partial charge in [0.25, 0.3) is 0 Å². The Labute approximate surface area is 111 Å². The molecule has 1 aromatic carbocycles. The van der Waals surface area contributed by atoms with E-state index in [0.717, 1.165) is 28.8 Å². The molecule has 0 heterocycles. The predicted octanol–water partition coefficient (Wildman–Crippen LogP) is 3.99. The van der Waals surface area contributed by atoms with E-state index in [-0.39, 0.29) is 6.10 Å². The second kappa shape index (κ2) is 7.90. The monoisotopic (exact) mass is 334 g/mol. The average molecular weight is 334 g/mol. The van der Waals surface area contributed by atoms with Gasteiger partial charge in [0.2, 0.25) is 0 Å². The van der Waals surface area contributed by atoms with Gasteiger partial charge in [0.15, 0.2) is 0 Å². The number of unbranched alkanes of at least 4 members (excludes halogenated alkanes) is 1. The number of hydrogen-bond acceptors (Lipinski definition) is 2. The molecule has 0 aliphatic carbocycles. The quantitative estimate of drug-likeness (QED) is 0.426. The molecular weight excluding hydrogens is 315 g/mol. The number of hydrogen-bond donors (Lipinski definition) is 0. The number of benzene rings is 1. The van der Waals surface area contributed by atoms with Crippen molar-refractivity contribution >= 4 is 22.6 Å². The van der Waals surface area contributed by atoms with Gasteiger partial charge in [-0.2, -0.15) is 0 Å². The number of rotatable bonds is 7. The van der Waals surface area contributed by atoms with Gasteiger partial charge < -0.3 is 9.47 Å². The summed E-state index contributed by atoms with van der Waals surface area (Å²) in [6, 6.07) is 8.07. The van der Waals surface area contributed by atoms with Crippen LogP contribution in [0, 0.1) is 0 Å². The molecule has 0 N–H and O–H groups in total. The van der Waals surface area contributed by atoms with Crippen LogP contribution in [0.2, 0.25) is 0 Å². The molecule has 1 aromatic rings. The number of methoxy groups -OCH3 is 1. The molecule has 0 spiro atoms. The third-order valence-corrected chi connectivity index (χ3v) is 3.24. The maximum absolute atomic E-state index is 5.87. The predicted molar refractivity (Wildman–Crippen MR) is 75.5 cm³/mol. The Kier molecular flexibility index (Phi) is 6.80. The fourth-order valence-corrected chi connectivity index (χ4v) is 2.25. The van der Waals surface area contributed by atoms with E-state index in [4.69, 9.17) is 9.47 Å². The first-order chi connectivity index (χ1) is 7.83. The minimum Gasteiger partial charge on any atom is -0.496 e. The molecule has 16 heavy (non-hydrogen) atoms.